The molecule has 0 saturated carbocycles. The fourth-order valence-electron chi connectivity index (χ4n) is 4.83. The Balaban J connectivity index is 1.81. The number of amides is 2. The van der Waals surface area contributed by atoms with Crippen LogP contribution in [0.1, 0.15) is 50.7 Å². The highest BCUT2D eigenvalue weighted by molar-refractivity contribution is 8.01. The van der Waals surface area contributed by atoms with Gasteiger partial charge in [0.15, 0.2) is 0 Å². The van der Waals surface area contributed by atoms with Gasteiger partial charge in [0, 0.05) is 37.0 Å². The van der Waals surface area contributed by atoms with Crippen molar-refractivity contribution >= 4 is 29.9 Å². The van der Waals surface area contributed by atoms with Crippen LogP contribution in [-0.2, 0) is 14.4 Å². The Kier molecular flexibility index (Phi) is 13.8. The van der Waals surface area contributed by atoms with Crippen LogP contribution in [0, 0.1) is 23.7 Å². The number of aldehydes is 1. The largest absolute Gasteiger partial charge is 0.369 e. The van der Waals surface area contributed by atoms with E-state index in [0.29, 0.717) is 24.4 Å². The van der Waals surface area contributed by atoms with Crippen LogP contribution in [0.5, 0.6) is 0 Å². The minimum atomic E-state index is -0.659. The van der Waals surface area contributed by atoms with E-state index in [2.05, 4.69) is 36.0 Å². The Bertz CT molecular complexity index is 1470. The third-order valence-electron chi connectivity index (χ3n) is 7.53. The summed E-state index contributed by atoms with van der Waals surface area (Å²) in [7, 11) is 1.88. The molecule has 2 aromatic carbocycles. The number of primary amides is 1. The van der Waals surface area contributed by atoms with Crippen molar-refractivity contribution in [3.05, 3.63) is 120 Å². The third-order valence-corrected chi connectivity index (χ3v) is 9.02. The maximum absolute atomic E-state index is 13.0. The summed E-state index contributed by atoms with van der Waals surface area (Å²) in [6, 6.07) is 19.6. The number of hydrogen-bond acceptors (Lipinski definition) is 6. The molecule has 0 fully saturated rings. The quantitative estimate of drug-likeness (QED) is 0.146. The molecule has 0 bridgehead atoms. The van der Waals surface area contributed by atoms with Crippen molar-refractivity contribution in [2.45, 2.75) is 50.2 Å². The fourth-order valence-corrected chi connectivity index (χ4v) is 6.00. The molecule has 4 N–H and O–H groups in total. The van der Waals surface area contributed by atoms with E-state index in [4.69, 9.17) is 5.73 Å². The molecule has 5 unspecified atom stereocenters. The second kappa shape index (κ2) is 17.7. The summed E-state index contributed by atoms with van der Waals surface area (Å²) in [6.07, 6.45) is 9.15. The fraction of sp³-hybridized carbons (Fsp3) is 0.324. The van der Waals surface area contributed by atoms with Gasteiger partial charge in [-0.1, -0.05) is 87.0 Å². The zero-order valence-electron chi connectivity index (χ0n) is 26.5. The Hall–Kier alpha value is -4.48. The van der Waals surface area contributed by atoms with Crippen molar-refractivity contribution in [2.75, 3.05) is 13.6 Å². The molecule has 1 aliphatic rings. The van der Waals surface area contributed by atoms with E-state index in [-0.39, 0.29) is 24.2 Å². The minimum Gasteiger partial charge on any atom is -0.369 e. The van der Waals surface area contributed by atoms with E-state index in [1.54, 1.807) is 0 Å². The highest BCUT2D eigenvalue weighted by Gasteiger charge is 2.28. The number of nitrogens with zero attached hydrogens (tertiary/aromatic N) is 1. The number of thioether (sulfide) groups is 1. The molecular formula is C37H44N4O3S. The molecule has 45 heavy (non-hydrogen) atoms. The third kappa shape index (κ3) is 11.2. The molecule has 0 aliphatic heterocycles. The molecule has 7 nitrogen and oxygen atoms in total. The first-order chi connectivity index (χ1) is 21.6. The molecule has 0 spiro atoms. The Morgan fingerprint density at radius 1 is 1.16 bits per heavy atom. The lowest BCUT2D eigenvalue weighted by Crippen LogP contribution is -2.37. The summed E-state index contributed by atoms with van der Waals surface area (Å²) >= 11 is 1.31. The molecule has 0 heterocycles. The molecule has 8 heteroatoms. The van der Waals surface area contributed by atoms with Gasteiger partial charge < -0.3 is 26.1 Å². The zero-order chi connectivity index (χ0) is 32.8. The Morgan fingerprint density at radius 3 is 2.44 bits per heavy atom. The van der Waals surface area contributed by atoms with Crippen LogP contribution in [0.4, 0.5) is 0 Å². The maximum atomic E-state index is 13.0. The number of allylic oxidation sites excluding steroid dienone is 4. The SMILES string of the molecule is C=C(N/C(C#Cc1ccccc1)=C\C)C(SC(C=O)CC(=O)NCC(C)c1ccccc1)N(C)C1=CC(C(N)=O)CC(C)C=C1. The first kappa shape index (κ1) is 35.0. The molecule has 2 aromatic rings. The van der Waals surface area contributed by atoms with Gasteiger partial charge in [-0.3, -0.25) is 9.59 Å². The van der Waals surface area contributed by atoms with Gasteiger partial charge in [0.05, 0.1) is 16.9 Å². The molecule has 3 rings (SSSR count). The van der Waals surface area contributed by atoms with Crippen molar-refractivity contribution in [1.29, 1.82) is 0 Å². The summed E-state index contributed by atoms with van der Waals surface area (Å²) in [5.74, 6) is 5.55. The molecule has 0 radical (unpaired) electrons. The van der Waals surface area contributed by atoms with Crippen LogP contribution in [0.15, 0.2) is 109 Å². The molecule has 0 saturated heterocycles. The lowest BCUT2D eigenvalue weighted by atomic mass is 9.96. The van der Waals surface area contributed by atoms with E-state index >= 15 is 0 Å². The van der Waals surface area contributed by atoms with Gasteiger partial charge in [0.2, 0.25) is 11.8 Å². The van der Waals surface area contributed by atoms with Crippen LogP contribution < -0.4 is 16.4 Å². The zero-order valence-corrected chi connectivity index (χ0v) is 27.3. The molecular weight excluding hydrogens is 580 g/mol. The lowest BCUT2D eigenvalue weighted by Gasteiger charge is -2.34. The number of benzene rings is 2. The standard InChI is InChI=1S/C37H44N4O3S/c1-6-32(19-18-29-13-9-7-10-14-29)40-28(4)37(41(5)33-20-17-26(2)21-31(22-33)36(38)44)45-34(25-42)23-35(43)39-24-27(3)30-15-11-8-12-16-30/h6-17,20,22,25-27,31,34,37,40H,4,21,23-24H2,1-3,5H3,(H2,38,44)(H,39,43)/b32-6-. The summed E-state index contributed by atoms with van der Waals surface area (Å²) in [6.45, 7) is 10.8. The van der Waals surface area contributed by atoms with E-state index in [0.717, 1.165) is 23.1 Å². The van der Waals surface area contributed by atoms with Crippen molar-refractivity contribution in [1.82, 2.24) is 15.5 Å². The smallest absolute Gasteiger partial charge is 0.224 e. The average molecular weight is 625 g/mol. The second-order valence-electron chi connectivity index (χ2n) is 11.2. The van der Waals surface area contributed by atoms with Crippen LogP contribution >= 0.6 is 11.8 Å². The number of rotatable bonds is 14. The molecule has 236 valence electrons. The van der Waals surface area contributed by atoms with Gasteiger partial charge in [0.25, 0.3) is 0 Å². The first-order valence-electron chi connectivity index (χ1n) is 15.1. The summed E-state index contributed by atoms with van der Waals surface area (Å²) in [5, 5.41) is 5.15. The minimum absolute atomic E-state index is 0.00736. The van der Waals surface area contributed by atoms with Crippen LogP contribution in [0.25, 0.3) is 0 Å². The topological polar surface area (TPSA) is 105 Å². The normalized spacial score (nSPS) is 18.1. The number of carbonyl (C=O) groups excluding carboxylic acids is 3. The Morgan fingerprint density at radius 2 is 1.82 bits per heavy atom. The second-order valence-corrected chi connectivity index (χ2v) is 12.6. The number of nitrogens with two attached hydrogens (primary N) is 1. The highest BCUT2D eigenvalue weighted by Crippen LogP contribution is 2.31. The monoisotopic (exact) mass is 624 g/mol. The van der Waals surface area contributed by atoms with Gasteiger partial charge >= 0.3 is 0 Å². The maximum Gasteiger partial charge on any atom is 0.224 e. The molecule has 5 atom stereocenters. The number of carbonyl (C=O) groups is 3. The van der Waals surface area contributed by atoms with E-state index < -0.39 is 22.4 Å². The number of nitrogens with one attached hydrogen (secondary N) is 2. The lowest BCUT2D eigenvalue weighted by molar-refractivity contribution is -0.122. The summed E-state index contributed by atoms with van der Waals surface area (Å²) in [4.78, 5) is 39.5. The highest BCUT2D eigenvalue weighted by atomic mass is 32.2. The van der Waals surface area contributed by atoms with Crippen molar-refractivity contribution in [3.8, 4) is 11.8 Å². The predicted octanol–water partition coefficient (Wildman–Crippen LogP) is 5.50. The van der Waals surface area contributed by atoms with Crippen molar-refractivity contribution < 1.29 is 14.4 Å². The van der Waals surface area contributed by atoms with Crippen molar-refractivity contribution in [3.63, 3.8) is 0 Å². The van der Waals surface area contributed by atoms with Gasteiger partial charge in [-0.15, -0.1) is 11.8 Å². The number of likely N-dealkylation sites (N-methyl/N-ethyl adjacent to an activating group) is 1. The summed E-state index contributed by atoms with van der Waals surface area (Å²) in [5.41, 5.74) is 9.73. The molecule has 0 aromatic heterocycles. The average Bonchev–Trinajstić information content (AvgIpc) is 3.26. The van der Waals surface area contributed by atoms with E-state index in [9.17, 15) is 14.4 Å². The number of hydrogen-bond donors (Lipinski definition) is 3. The van der Waals surface area contributed by atoms with E-state index in [1.807, 2.05) is 111 Å². The predicted molar refractivity (Wildman–Crippen MR) is 185 cm³/mol. The van der Waals surface area contributed by atoms with Crippen molar-refractivity contribution in [2.24, 2.45) is 17.6 Å². The van der Waals surface area contributed by atoms with Gasteiger partial charge in [-0.2, -0.15) is 0 Å². The first-order valence-corrected chi connectivity index (χ1v) is 16.1. The Labute approximate surface area is 272 Å². The van der Waals surface area contributed by atoms with Crippen LogP contribution in [0.2, 0.25) is 0 Å². The van der Waals surface area contributed by atoms with Gasteiger partial charge in [-0.05, 0) is 60.9 Å². The summed E-state index contributed by atoms with van der Waals surface area (Å²) < 4.78 is 0. The van der Waals surface area contributed by atoms with Crippen LogP contribution in [-0.4, -0.2) is 47.2 Å². The van der Waals surface area contributed by atoms with Crippen LogP contribution in [0.3, 0.4) is 0 Å². The molecule has 2 amide bonds. The van der Waals surface area contributed by atoms with Gasteiger partial charge in [-0.25, -0.2) is 0 Å². The van der Waals surface area contributed by atoms with Gasteiger partial charge in [0.1, 0.15) is 11.7 Å². The van der Waals surface area contributed by atoms with E-state index in [1.165, 1.54) is 11.8 Å². The molecule has 1 aliphatic carbocycles.